The number of rotatable bonds is 6. The summed E-state index contributed by atoms with van der Waals surface area (Å²) in [6.07, 6.45) is 0.361. The van der Waals surface area contributed by atoms with Crippen LogP contribution < -0.4 is 4.74 Å². The third kappa shape index (κ3) is 4.74. The molecule has 0 fully saturated rings. The summed E-state index contributed by atoms with van der Waals surface area (Å²) in [5.41, 5.74) is 0. The smallest absolute Gasteiger partial charge is 0.297 e. The highest BCUT2D eigenvalue weighted by Gasteiger charge is 2.19. The minimum atomic E-state index is -3.69. The highest BCUT2D eigenvalue weighted by molar-refractivity contribution is 14.1. The molecular formula is C12H17IO4S. The number of methoxy groups -OCH3 is 1. The highest BCUT2D eigenvalue weighted by atomic mass is 127. The van der Waals surface area contributed by atoms with Crippen molar-refractivity contribution in [1.82, 2.24) is 0 Å². The van der Waals surface area contributed by atoms with Crippen molar-refractivity contribution in [3.63, 3.8) is 0 Å². The first-order chi connectivity index (χ1) is 8.35. The largest absolute Gasteiger partial charge is 0.497 e. The second-order valence-electron chi connectivity index (χ2n) is 4.05. The van der Waals surface area contributed by atoms with Gasteiger partial charge in [-0.2, -0.15) is 8.42 Å². The molecule has 0 N–H and O–H groups in total. The number of hydrogen-bond acceptors (Lipinski definition) is 4. The van der Waals surface area contributed by atoms with E-state index in [4.69, 9.17) is 8.92 Å². The molecule has 1 rings (SSSR count). The molecule has 2 atom stereocenters. The molecule has 0 aliphatic rings. The first-order valence-electron chi connectivity index (χ1n) is 5.56. The van der Waals surface area contributed by atoms with E-state index in [-0.39, 0.29) is 11.0 Å². The van der Waals surface area contributed by atoms with Gasteiger partial charge in [0, 0.05) is 3.92 Å². The van der Waals surface area contributed by atoms with E-state index in [0.29, 0.717) is 16.1 Å². The molecule has 1 aromatic carbocycles. The van der Waals surface area contributed by atoms with Crippen molar-refractivity contribution < 1.29 is 17.3 Å². The molecule has 0 heterocycles. The fourth-order valence-electron chi connectivity index (χ4n) is 1.51. The summed E-state index contributed by atoms with van der Waals surface area (Å²) in [6, 6.07) is 6.16. The zero-order chi connectivity index (χ0) is 13.8. The maximum Gasteiger partial charge on any atom is 0.297 e. The van der Waals surface area contributed by atoms with Crippen molar-refractivity contribution in [3.05, 3.63) is 24.3 Å². The van der Waals surface area contributed by atoms with Gasteiger partial charge in [0.05, 0.1) is 18.1 Å². The number of alkyl halides is 1. The van der Waals surface area contributed by atoms with Crippen molar-refractivity contribution in [2.24, 2.45) is 0 Å². The molecule has 0 aromatic heterocycles. The van der Waals surface area contributed by atoms with E-state index in [0.717, 1.165) is 0 Å². The molecule has 0 spiro atoms. The Balaban J connectivity index is 2.79. The van der Waals surface area contributed by atoms with Crippen LogP contribution in [0.2, 0.25) is 0 Å². The summed E-state index contributed by atoms with van der Waals surface area (Å²) >= 11 is 2.24. The van der Waals surface area contributed by atoms with Gasteiger partial charge in [-0.25, -0.2) is 0 Å². The molecule has 18 heavy (non-hydrogen) atoms. The van der Waals surface area contributed by atoms with Gasteiger partial charge < -0.3 is 4.74 Å². The molecule has 0 saturated carbocycles. The van der Waals surface area contributed by atoms with Crippen LogP contribution in [0.15, 0.2) is 29.2 Å². The second-order valence-corrected chi connectivity index (χ2v) is 7.75. The van der Waals surface area contributed by atoms with Crippen LogP contribution in [0.25, 0.3) is 0 Å². The molecule has 0 amide bonds. The molecule has 0 radical (unpaired) electrons. The lowest BCUT2D eigenvalue weighted by molar-refractivity contribution is 0.220. The van der Waals surface area contributed by atoms with Gasteiger partial charge >= 0.3 is 0 Å². The van der Waals surface area contributed by atoms with Gasteiger partial charge in [-0.3, -0.25) is 4.18 Å². The van der Waals surface area contributed by atoms with Gasteiger partial charge in [0.1, 0.15) is 5.75 Å². The van der Waals surface area contributed by atoms with Crippen molar-refractivity contribution in [2.75, 3.05) is 7.11 Å². The fourth-order valence-corrected chi connectivity index (χ4v) is 3.32. The zero-order valence-electron chi connectivity index (χ0n) is 10.6. The van der Waals surface area contributed by atoms with Gasteiger partial charge in [-0.15, -0.1) is 0 Å². The van der Waals surface area contributed by atoms with Crippen LogP contribution in [0.3, 0.4) is 0 Å². The molecule has 0 bridgehead atoms. The van der Waals surface area contributed by atoms with E-state index in [1.807, 2.05) is 6.92 Å². The SMILES string of the molecule is COc1ccc(S(=O)(=O)OC(C)CC(C)I)cc1. The highest BCUT2D eigenvalue weighted by Crippen LogP contribution is 2.20. The second kappa shape index (κ2) is 6.72. The Morgan fingerprint density at radius 3 is 2.22 bits per heavy atom. The van der Waals surface area contributed by atoms with E-state index >= 15 is 0 Å². The lowest BCUT2D eigenvalue weighted by atomic mass is 10.2. The Morgan fingerprint density at radius 2 is 1.78 bits per heavy atom. The van der Waals surface area contributed by atoms with Crippen molar-refractivity contribution >= 4 is 32.7 Å². The lowest BCUT2D eigenvalue weighted by Gasteiger charge is -2.14. The molecule has 1 aromatic rings. The lowest BCUT2D eigenvalue weighted by Crippen LogP contribution is -2.18. The maximum absolute atomic E-state index is 12.0. The summed E-state index contributed by atoms with van der Waals surface area (Å²) < 4.78 is 34.4. The number of halogens is 1. The Morgan fingerprint density at radius 1 is 1.22 bits per heavy atom. The van der Waals surface area contributed by atoms with E-state index in [9.17, 15) is 8.42 Å². The van der Waals surface area contributed by atoms with Crippen LogP contribution in [-0.2, 0) is 14.3 Å². The van der Waals surface area contributed by atoms with Crippen molar-refractivity contribution in [2.45, 2.75) is 35.2 Å². The minimum absolute atomic E-state index is 0.149. The number of benzene rings is 1. The summed E-state index contributed by atoms with van der Waals surface area (Å²) in [5, 5.41) is 0. The molecule has 0 aliphatic carbocycles. The third-order valence-corrected chi connectivity index (χ3v) is 4.24. The van der Waals surface area contributed by atoms with E-state index in [2.05, 4.69) is 22.6 Å². The molecule has 2 unspecified atom stereocenters. The van der Waals surface area contributed by atoms with Crippen molar-refractivity contribution in [1.29, 1.82) is 0 Å². The Labute approximate surface area is 122 Å². The van der Waals surface area contributed by atoms with Gasteiger partial charge in [0.15, 0.2) is 0 Å². The Bertz CT molecular complexity index is 467. The zero-order valence-corrected chi connectivity index (χ0v) is 13.6. The van der Waals surface area contributed by atoms with Crippen LogP contribution in [-0.4, -0.2) is 25.6 Å². The standard InChI is InChI=1S/C12H17IO4S/c1-9(13)8-10(2)17-18(14,15)12-6-4-11(16-3)5-7-12/h4-7,9-10H,8H2,1-3H3. The molecule has 0 aliphatic heterocycles. The molecule has 0 saturated heterocycles. The fraction of sp³-hybridized carbons (Fsp3) is 0.500. The quantitative estimate of drug-likeness (QED) is 0.430. The first-order valence-corrected chi connectivity index (χ1v) is 8.22. The summed E-state index contributed by atoms with van der Waals surface area (Å²) in [6.45, 7) is 3.77. The summed E-state index contributed by atoms with van der Waals surface area (Å²) in [4.78, 5) is 0.149. The summed E-state index contributed by atoms with van der Waals surface area (Å²) in [7, 11) is -2.16. The van der Waals surface area contributed by atoms with Crippen LogP contribution in [0, 0.1) is 0 Å². The number of ether oxygens (including phenoxy) is 1. The van der Waals surface area contributed by atoms with E-state index in [1.54, 1.807) is 19.1 Å². The predicted octanol–water partition coefficient (Wildman–Crippen LogP) is 3.00. The maximum atomic E-state index is 12.0. The number of hydrogen-bond donors (Lipinski definition) is 0. The Kier molecular flexibility index (Phi) is 5.87. The first kappa shape index (κ1) is 15.7. The molecular weight excluding hydrogens is 367 g/mol. The Hall–Kier alpha value is -0.340. The predicted molar refractivity (Wildman–Crippen MR) is 78.8 cm³/mol. The molecule has 6 heteroatoms. The van der Waals surface area contributed by atoms with Gasteiger partial charge in [-0.1, -0.05) is 29.5 Å². The van der Waals surface area contributed by atoms with Gasteiger partial charge in [-0.05, 0) is 37.6 Å². The van der Waals surface area contributed by atoms with Gasteiger partial charge in [0.2, 0.25) is 0 Å². The van der Waals surface area contributed by atoms with Crippen LogP contribution in [0.4, 0.5) is 0 Å². The van der Waals surface area contributed by atoms with E-state index in [1.165, 1.54) is 19.2 Å². The summed E-state index contributed by atoms with van der Waals surface area (Å²) in [5.74, 6) is 0.614. The monoisotopic (exact) mass is 384 g/mol. The van der Waals surface area contributed by atoms with Crippen LogP contribution in [0.5, 0.6) is 5.75 Å². The average molecular weight is 384 g/mol. The normalized spacial score (nSPS) is 15.1. The van der Waals surface area contributed by atoms with Crippen LogP contribution in [0.1, 0.15) is 20.3 Å². The topological polar surface area (TPSA) is 52.6 Å². The van der Waals surface area contributed by atoms with Crippen LogP contribution >= 0.6 is 22.6 Å². The van der Waals surface area contributed by atoms with Crippen molar-refractivity contribution in [3.8, 4) is 5.75 Å². The minimum Gasteiger partial charge on any atom is -0.497 e. The average Bonchev–Trinajstić information content (AvgIpc) is 2.27. The van der Waals surface area contributed by atoms with Gasteiger partial charge in [0.25, 0.3) is 10.1 Å². The molecule has 102 valence electrons. The van der Waals surface area contributed by atoms with E-state index < -0.39 is 10.1 Å². The molecule has 4 nitrogen and oxygen atoms in total. The third-order valence-electron chi connectivity index (χ3n) is 2.30.